The molecule has 0 saturated carbocycles. The highest BCUT2D eigenvalue weighted by atomic mass is 32.2. The van der Waals surface area contributed by atoms with Gasteiger partial charge in [-0.15, -0.1) is 0 Å². The van der Waals surface area contributed by atoms with Gasteiger partial charge in [-0.3, -0.25) is 9.10 Å². The van der Waals surface area contributed by atoms with E-state index in [1.807, 2.05) is 60.7 Å². The summed E-state index contributed by atoms with van der Waals surface area (Å²) in [6.07, 6.45) is 1.20. The molecule has 0 spiro atoms. The van der Waals surface area contributed by atoms with Crippen LogP contribution in [0.1, 0.15) is 15.9 Å². The number of nitrogens with one attached hydrogen (secondary N) is 1. The number of nitrogens with zero attached hydrogens (tertiary/aromatic N) is 1. The van der Waals surface area contributed by atoms with Crippen molar-refractivity contribution in [3.8, 4) is 22.6 Å². The third-order valence-corrected chi connectivity index (χ3v) is 7.04. The van der Waals surface area contributed by atoms with Crippen LogP contribution in [0.25, 0.3) is 11.1 Å². The van der Waals surface area contributed by atoms with Crippen molar-refractivity contribution in [1.29, 1.82) is 0 Å². The molecule has 8 heteroatoms. The number of hydrogen-bond acceptors (Lipinski definition) is 5. The van der Waals surface area contributed by atoms with Gasteiger partial charge in [0.25, 0.3) is 5.91 Å². The lowest BCUT2D eigenvalue weighted by molar-refractivity contribution is 0.0947. The van der Waals surface area contributed by atoms with E-state index in [0.29, 0.717) is 29.3 Å². The molecule has 0 aliphatic heterocycles. The van der Waals surface area contributed by atoms with Crippen molar-refractivity contribution in [3.63, 3.8) is 0 Å². The number of ether oxygens (including phenoxy) is 2. The average molecular weight is 531 g/mol. The topological polar surface area (TPSA) is 84.9 Å². The summed E-state index contributed by atoms with van der Waals surface area (Å²) in [5.41, 5.74) is 3.58. The number of benzene rings is 4. The van der Waals surface area contributed by atoms with E-state index in [1.54, 1.807) is 49.6 Å². The Bertz CT molecular complexity index is 1470. The number of carbonyl (C=O) groups is 1. The number of anilines is 1. The van der Waals surface area contributed by atoms with E-state index in [9.17, 15) is 13.2 Å². The number of para-hydroxylation sites is 3. The second-order valence-corrected chi connectivity index (χ2v) is 10.5. The second kappa shape index (κ2) is 12.3. The van der Waals surface area contributed by atoms with Crippen LogP contribution in [0.5, 0.6) is 11.5 Å². The number of hydrogen-bond donors (Lipinski definition) is 1. The molecule has 4 aromatic carbocycles. The van der Waals surface area contributed by atoms with Crippen molar-refractivity contribution in [3.05, 3.63) is 114 Å². The fourth-order valence-corrected chi connectivity index (χ4v) is 4.93. The number of carbonyl (C=O) groups excluding carboxylic acids is 1. The first-order valence-corrected chi connectivity index (χ1v) is 14.0. The Kier molecular flexibility index (Phi) is 8.66. The normalized spacial score (nSPS) is 11.0. The lowest BCUT2D eigenvalue weighted by Gasteiger charge is -2.25. The Morgan fingerprint density at radius 2 is 1.45 bits per heavy atom. The van der Waals surface area contributed by atoms with E-state index < -0.39 is 10.0 Å². The summed E-state index contributed by atoms with van der Waals surface area (Å²) in [5, 5.41) is 2.83. The highest BCUT2D eigenvalue weighted by Crippen LogP contribution is 2.33. The number of sulfonamides is 1. The zero-order valence-corrected chi connectivity index (χ0v) is 22.1. The molecule has 0 aliphatic rings. The van der Waals surface area contributed by atoms with Gasteiger partial charge >= 0.3 is 0 Å². The first-order valence-electron chi connectivity index (χ1n) is 12.1. The predicted octanol–water partition coefficient (Wildman–Crippen LogP) is 5.14. The van der Waals surface area contributed by atoms with Crippen LogP contribution in [-0.4, -0.2) is 40.8 Å². The molecule has 1 amide bonds. The molecule has 0 saturated heterocycles. The first kappa shape index (κ1) is 26.8. The SMILES string of the molecule is COc1ccccc1OCCNC(=O)c1ccc(CN(c2ccccc2-c2ccccc2)S(C)(=O)=O)cc1. The van der Waals surface area contributed by atoms with Crippen LogP contribution < -0.4 is 19.1 Å². The molecule has 0 bridgehead atoms. The zero-order chi connectivity index (χ0) is 27.0. The molecule has 38 heavy (non-hydrogen) atoms. The molecule has 0 unspecified atom stereocenters. The minimum absolute atomic E-state index is 0.136. The Morgan fingerprint density at radius 1 is 0.816 bits per heavy atom. The molecule has 4 aromatic rings. The number of rotatable bonds is 11. The van der Waals surface area contributed by atoms with Crippen molar-refractivity contribution < 1.29 is 22.7 Å². The molecule has 196 valence electrons. The summed E-state index contributed by atoms with van der Waals surface area (Å²) in [7, 11) is -2.01. The van der Waals surface area contributed by atoms with Crippen molar-refractivity contribution in [2.24, 2.45) is 0 Å². The van der Waals surface area contributed by atoms with Crippen LogP contribution in [0.4, 0.5) is 5.69 Å². The maximum Gasteiger partial charge on any atom is 0.251 e. The van der Waals surface area contributed by atoms with E-state index in [1.165, 1.54) is 10.6 Å². The number of amides is 1. The van der Waals surface area contributed by atoms with Crippen LogP contribution in [-0.2, 0) is 16.6 Å². The van der Waals surface area contributed by atoms with Gasteiger partial charge in [-0.05, 0) is 41.5 Å². The zero-order valence-electron chi connectivity index (χ0n) is 21.3. The Hall–Kier alpha value is -4.30. The minimum Gasteiger partial charge on any atom is -0.493 e. The van der Waals surface area contributed by atoms with Crippen molar-refractivity contribution >= 4 is 21.6 Å². The van der Waals surface area contributed by atoms with E-state index in [2.05, 4.69) is 5.32 Å². The molecule has 0 fully saturated rings. The summed E-state index contributed by atoms with van der Waals surface area (Å²) < 4.78 is 38.0. The fourth-order valence-electron chi connectivity index (χ4n) is 4.03. The van der Waals surface area contributed by atoms with Gasteiger partial charge in [0.05, 0.1) is 32.1 Å². The molecule has 0 atom stereocenters. The Balaban J connectivity index is 1.42. The van der Waals surface area contributed by atoms with Crippen LogP contribution in [0, 0.1) is 0 Å². The van der Waals surface area contributed by atoms with Crippen molar-refractivity contribution in [2.75, 3.05) is 30.8 Å². The van der Waals surface area contributed by atoms with Gasteiger partial charge in [0.15, 0.2) is 11.5 Å². The summed E-state index contributed by atoms with van der Waals surface area (Å²) in [5.74, 6) is 0.997. The molecule has 4 rings (SSSR count). The predicted molar refractivity (Wildman–Crippen MR) is 150 cm³/mol. The largest absolute Gasteiger partial charge is 0.493 e. The quantitative estimate of drug-likeness (QED) is 0.272. The molecule has 0 radical (unpaired) electrons. The van der Waals surface area contributed by atoms with E-state index in [4.69, 9.17) is 9.47 Å². The smallest absolute Gasteiger partial charge is 0.251 e. The average Bonchev–Trinajstić information content (AvgIpc) is 2.94. The summed E-state index contributed by atoms with van der Waals surface area (Å²) in [6, 6.07) is 31.3. The fraction of sp³-hybridized carbons (Fsp3) is 0.167. The van der Waals surface area contributed by atoms with Crippen LogP contribution in [0.15, 0.2) is 103 Å². The van der Waals surface area contributed by atoms with Gasteiger partial charge in [0.2, 0.25) is 10.0 Å². The monoisotopic (exact) mass is 530 g/mol. The summed E-state index contributed by atoms with van der Waals surface area (Å²) in [4.78, 5) is 12.6. The Morgan fingerprint density at radius 3 is 2.13 bits per heavy atom. The van der Waals surface area contributed by atoms with Crippen molar-refractivity contribution in [1.82, 2.24) is 5.32 Å². The maximum absolute atomic E-state index is 12.8. The Labute approximate surface area is 223 Å². The molecule has 0 aliphatic carbocycles. The summed E-state index contributed by atoms with van der Waals surface area (Å²) >= 11 is 0. The first-order chi connectivity index (χ1) is 18.4. The van der Waals surface area contributed by atoms with Crippen LogP contribution in [0.2, 0.25) is 0 Å². The van der Waals surface area contributed by atoms with Crippen molar-refractivity contribution in [2.45, 2.75) is 6.54 Å². The highest BCUT2D eigenvalue weighted by Gasteiger charge is 2.21. The highest BCUT2D eigenvalue weighted by molar-refractivity contribution is 7.92. The third kappa shape index (κ3) is 6.72. The van der Waals surface area contributed by atoms with Gasteiger partial charge in [-0.2, -0.15) is 0 Å². The lowest BCUT2D eigenvalue weighted by Crippen LogP contribution is -2.30. The molecule has 0 aromatic heterocycles. The maximum atomic E-state index is 12.8. The molecular formula is C30H30N2O5S. The third-order valence-electron chi connectivity index (χ3n) is 5.91. The van der Waals surface area contributed by atoms with E-state index >= 15 is 0 Å². The molecule has 0 heterocycles. The van der Waals surface area contributed by atoms with Crippen LogP contribution >= 0.6 is 0 Å². The lowest BCUT2D eigenvalue weighted by atomic mass is 10.0. The van der Waals surface area contributed by atoms with Gasteiger partial charge in [-0.25, -0.2) is 8.42 Å². The van der Waals surface area contributed by atoms with Gasteiger partial charge in [0, 0.05) is 11.1 Å². The minimum atomic E-state index is -3.58. The van der Waals surface area contributed by atoms with Crippen LogP contribution in [0.3, 0.4) is 0 Å². The van der Waals surface area contributed by atoms with Gasteiger partial charge in [-0.1, -0.05) is 72.8 Å². The molecule has 1 N–H and O–H groups in total. The standard InChI is InChI=1S/C30H30N2O5S/c1-36-28-14-8-9-15-29(28)37-21-20-31-30(33)25-18-16-23(17-19-25)22-32(38(2,34)35)27-13-7-6-12-26(27)24-10-4-3-5-11-24/h3-19H,20-22H2,1-2H3,(H,31,33). The van der Waals surface area contributed by atoms with E-state index in [-0.39, 0.29) is 19.1 Å². The number of methoxy groups -OCH3 is 1. The van der Waals surface area contributed by atoms with E-state index in [0.717, 1.165) is 16.7 Å². The summed E-state index contributed by atoms with van der Waals surface area (Å²) in [6.45, 7) is 0.739. The van der Waals surface area contributed by atoms with Gasteiger partial charge in [0.1, 0.15) is 6.61 Å². The second-order valence-electron chi connectivity index (χ2n) is 8.60. The van der Waals surface area contributed by atoms with Gasteiger partial charge < -0.3 is 14.8 Å². The molecular weight excluding hydrogens is 500 g/mol. The molecule has 7 nitrogen and oxygen atoms in total.